The van der Waals surface area contributed by atoms with Crippen molar-refractivity contribution in [1.82, 2.24) is 0 Å². The molecule has 0 saturated carbocycles. The molecule has 3 aromatic carbocycles. The molecule has 1 spiro atoms. The van der Waals surface area contributed by atoms with Crippen molar-refractivity contribution < 1.29 is 22.8 Å². The number of rotatable bonds is 3. The summed E-state index contributed by atoms with van der Waals surface area (Å²) in [5.41, 5.74) is 2.43. The number of halogens is 3. The highest BCUT2D eigenvalue weighted by atomic mass is 32.2. The summed E-state index contributed by atoms with van der Waals surface area (Å²) in [6.07, 6.45) is -4.47. The minimum absolute atomic E-state index is 0.0298. The van der Waals surface area contributed by atoms with Crippen molar-refractivity contribution in [2.75, 3.05) is 15.6 Å². The first-order valence-electron chi connectivity index (χ1n) is 10.3. The van der Waals surface area contributed by atoms with Gasteiger partial charge < -0.3 is 4.90 Å². The van der Waals surface area contributed by atoms with Crippen molar-refractivity contribution in [3.05, 3.63) is 95.1 Å². The number of hydrogen-bond acceptors (Lipinski definition) is 3. The number of aryl methyl sites for hydroxylation is 1. The first-order chi connectivity index (χ1) is 15.7. The number of anilines is 2. The van der Waals surface area contributed by atoms with Gasteiger partial charge in [-0.15, -0.1) is 11.8 Å². The minimum Gasteiger partial charge on any atom is -0.304 e. The standard InChI is InChI=1S/C25H19F3N2O2S/c1-16-6-4-9-19(12-16)30-22(31)15-33-24(30)20-10-2-3-11-21(20)29(23(24)32)14-17-7-5-8-18(13-17)25(26,27)28/h2-13H,14-15H2,1H3/t24-/m0/s1. The summed E-state index contributed by atoms with van der Waals surface area (Å²) >= 11 is 1.25. The highest BCUT2D eigenvalue weighted by Crippen LogP contribution is 2.56. The Morgan fingerprint density at radius 3 is 2.48 bits per heavy atom. The monoisotopic (exact) mass is 468 g/mol. The van der Waals surface area contributed by atoms with Crippen LogP contribution >= 0.6 is 11.8 Å². The lowest BCUT2D eigenvalue weighted by Gasteiger charge is -2.33. The Bertz CT molecular complexity index is 1280. The van der Waals surface area contributed by atoms with E-state index in [1.165, 1.54) is 27.6 Å². The van der Waals surface area contributed by atoms with E-state index in [1.54, 1.807) is 30.3 Å². The fourth-order valence-corrected chi connectivity index (χ4v) is 5.87. The third kappa shape index (κ3) is 3.40. The highest BCUT2D eigenvalue weighted by molar-refractivity contribution is 8.02. The SMILES string of the molecule is Cc1cccc(N2C(=O)CS[C@@]23C(=O)N(Cc2cccc(C(F)(F)F)c2)c2ccccc23)c1. The molecule has 0 radical (unpaired) electrons. The van der Waals surface area contributed by atoms with E-state index < -0.39 is 16.6 Å². The number of alkyl halides is 3. The Hall–Kier alpha value is -3.26. The maximum absolute atomic E-state index is 14.0. The molecule has 2 amide bonds. The lowest BCUT2D eigenvalue weighted by atomic mass is 10.0. The number of thioether (sulfide) groups is 1. The van der Waals surface area contributed by atoms with Gasteiger partial charge in [0, 0.05) is 11.3 Å². The molecule has 3 aromatic rings. The van der Waals surface area contributed by atoms with Crippen LogP contribution in [0.4, 0.5) is 24.5 Å². The lowest BCUT2D eigenvalue weighted by Crippen LogP contribution is -2.49. The van der Waals surface area contributed by atoms with Crippen molar-refractivity contribution in [3.63, 3.8) is 0 Å². The average molecular weight is 469 g/mol. The van der Waals surface area contributed by atoms with E-state index >= 15 is 0 Å². The zero-order chi connectivity index (χ0) is 23.4. The van der Waals surface area contributed by atoms with Gasteiger partial charge >= 0.3 is 6.18 Å². The van der Waals surface area contributed by atoms with Crippen molar-refractivity contribution in [2.24, 2.45) is 0 Å². The predicted octanol–water partition coefficient (Wildman–Crippen LogP) is 5.49. The van der Waals surface area contributed by atoms with Gasteiger partial charge in [0.2, 0.25) is 10.8 Å². The Balaban J connectivity index is 1.61. The van der Waals surface area contributed by atoms with Crippen molar-refractivity contribution in [2.45, 2.75) is 24.5 Å². The maximum Gasteiger partial charge on any atom is 0.416 e. The van der Waals surface area contributed by atoms with Crippen molar-refractivity contribution >= 4 is 35.0 Å². The summed E-state index contributed by atoms with van der Waals surface area (Å²) in [4.78, 5) is 28.7. The van der Waals surface area contributed by atoms with Gasteiger partial charge in [-0.3, -0.25) is 14.5 Å². The van der Waals surface area contributed by atoms with Crippen LogP contribution in [0.25, 0.3) is 0 Å². The van der Waals surface area contributed by atoms with Crippen LogP contribution in [0.5, 0.6) is 0 Å². The van der Waals surface area contributed by atoms with E-state index in [0.29, 0.717) is 22.5 Å². The van der Waals surface area contributed by atoms with Crippen LogP contribution in [0.1, 0.15) is 22.3 Å². The third-order valence-electron chi connectivity index (χ3n) is 5.92. The zero-order valence-electron chi connectivity index (χ0n) is 17.6. The quantitative estimate of drug-likeness (QED) is 0.510. The largest absolute Gasteiger partial charge is 0.416 e. The number of benzene rings is 3. The van der Waals surface area contributed by atoms with Crippen LogP contribution < -0.4 is 9.80 Å². The normalized spacial score (nSPS) is 20.1. The molecule has 0 unspecified atom stereocenters. The summed E-state index contributed by atoms with van der Waals surface area (Å²) in [5, 5.41) is 0. The van der Waals surface area contributed by atoms with Crippen LogP contribution in [0.3, 0.4) is 0 Å². The molecule has 168 valence electrons. The highest BCUT2D eigenvalue weighted by Gasteiger charge is 2.60. The van der Waals surface area contributed by atoms with E-state index in [2.05, 4.69) is 0 Å². The fourth-order valence-electron chi connectivity index (χ4n) is 4.51. The molecule has 2 aliphatic heterocycles. The molecular weight excluding hydrogens is 449 g/mol. The first-order valence-corrected chi connectivity index (χ1v) is 11.3. The summed E-state index contributed by atoms with van der Waals surface area (Å²) in [7, 11) is 0. The van der Waals surface area contributed by atoms with Gasteiger partial charge in [0.1, 0.15) is 0 Å². The Labute approximate surface area is 193 Å². The van der Waals surface area contributed by atoms with Crippen molar-refractivity contribution in [3.8, 4) is 0 Å². The van der Waals surface area contributed by atoms with Gasteiger partial charge in [-0.05, 0) is 48.4 Å². The second-order valence-corrected chi connectivity index (χ2v) is 9.28. The van der Waals surface area contributed by atoms with Gasteiger partial charge in [-0.2, -0.15) is 13.2 Å². The lowest BCUT2D eigenvalue weighted by molar-refractivity contribution is -0.137. The molecule has 5 rings (SSSR count). The Morgan fingerprint density at radius 2 is 1.73 bits per heavy atom. The molecule has 1 saturated heterocycles. The molecule has 33 heavy (non-hydrogen) atoms. The molecule has 0 aliphatic carbocycles. The molecule has 1 atom stereocenters. The summed E-state index contributed by atoms with van der Waals surface area (Å²) in [6.45, 7) is 1.88. The second-order valence-electron chi connectivity index (χ2n) is 8.11. The summed E-state index contributed by atoms with van der Waals surface area (Å²) in [6, 6.07) is 19.6. The summed E-state index contributed by atoms with van der Waals surface area (Å²) < 4.78 is 39.7. The van der Waals surface area contributed by atoms with E-state index in [1.807, 2.05) is 31.2 Å². The van der Waals surface area contributed by atoms with Gasteiger partial charge in [0.15, 0.2) is 0 Å². The molecule has 2 aliphatic rings. The topological polar surface area (TPSA) is 40.6 Å². The smallest absolute Gasteiger partial charge is 0.304 e. The minimum atomic E-state index is -4.47. The number of carbonyl (C=O) groups excluding carboxylic acids is 2. The van der Waals surface area contributed by atoms with E-state index in [4.69, 9.17) is 0 Å². The first kappa shape index (κ1) is 21.6. The molecule has 0 N–H and O–H groups in total. The van der Waals surface area contributed by atoms with Gasteiger partial charge in [0.25, 0.3) is 5.91 Å². The zero-order valence-corrected chi connectivity index (χ0v) is 18.4. The van der Waals surface area contributed by atoms with Gasteiger partial charge in [-0.25, -0.2) is 0 Å². The number of para-hydroxylation sites is 1. The number of hydrogen-bond donors (Lipinski definition) is 0. The predicted molar refractivity (Wildman–Crippen MR) is 122 cm³/mol. The van der Waals surface area contributed by atoms with Crippen molar-refractivity contribution in [1.29, 1.82) is 0 Å². The fraction of sp³-hybridized carbons (Fsp3) is 0.200. The average Bonchev–Trinajstić information content (AvgIpc) is 3.24. The molecule has 2 heterocycles. The van der Waals surface area contributed by atoms with E-state index in [0.717, 1.165) is 17.7 Å². The molecule has 0 bridgehead atoms. The Morgan fingerprint density at radius 1 is 0.970 bits per heavy atom. The van der Waals surface area contributed by atoms with Crippen LogP contribution in [0.15, 0.2) is 72.8 Å². The maximum atomic E-state index is 14.0. The number of amides is 2. The number of fused-ring (bicyclic) bond motifs is 2. The van der Waals surface area contributed by atoms with Crippen LogP contribution in [-0.4, -0.2) is 17.6 Å². The Kier molecular flexibility index (Phi) is 5.01. The molecular formula is C25H19F3N2O2S. The van der Waals surface area contributed by atoms with Crippen LogP contribution in [-0.2, 0) is 27.2 Å². The molecule has 0 aromatic heterocycles. The summed E-state index contributed by atoms with van der Waals surface area (Å²) in [5.74, 6) is -0.390. The third-order valence-corrected chi connectivity index (χ3v) is 7.30. The number of carbonyl (C=O) groups is 2. The second kappa shape index (κ2) is 7.66. The molecule has 1 fully saturated rings. The van der Waals surface area contributed by atoms with Gasteiger partial charge in [-0.1, -0.05) is 42.5 Å². The van der Waals surface area contributed by atoms with Crippen LogP contribution in [0, 0.1) is 6.92 Å². The van der Waals surface area contributed by atoms with E-state index in [-0.39, 0.29) is 24.1 Å². The van der Waals surface area contributed by atoms with Gasteiger partial charge in [0.05, 0.1) is 23.5 Å². The number of nitrogens with zero attached hydrogens (tertiary/aromatic N) is 2. The van der Waals surface area contributed by atoms with Crippen LogP contribution in [0.2, 0.25) is 0 Å². The molecule has 8 heteroatoms. The molecule has 4 nitrogen and oxygen atoms in total. The van der Waals surface area contributed by atoms with E-state index in [9.17, 15) is 22.8 Å².